The molecule has 19 heavy (non-hydrogen) atoms. The summed E-state index contributed by atoms with van der Waals surface area (Å²) in [6.45, 7) is 3.39. The molecule has 0 aromatic heterocycles. The molecule has 0 saturated carbocycles. The third-order valence-electron chi connectivity index (χ3n) is 2.44. The van der Waals surface area contributed by atoms with E-state index in [1.807, 2.05) is 0 Å². The summed E-state index contributed by atoms with van der Waals surface area (Å²) in [6, 6.07) is 3.39. The van der Waals surface area contributed by atoms with Crippen LogP contribution in [0.25, 0.3) is 0 Å². The van der Waals surface area contributed by atoms with Crippen molar-refractivity contribution in [3.05, 3.63) is 27.7 Å². The van der Waals surface area contributed by atoms with Crippen molar-refractivity contribution in [2.45, 2.75) is 24.8 Å². The number of primary amides is 1. The zero-order valence-corrected chi connectivity index (χ0v) is 13.5. The summed E-state index contributed by atoms with van der Waals surface area (Å²) in [5, 5.41) is 0.0638. The molecule has 1 aromatic carbocycles. The van der Waals surface area contributed by atoms with Gasteiger partial charge in [0.2, 0.25) is 15.9 Å². The number of nitrogens with two attached hydrogens (primary N) is 1. The molecule has 0 aliphatic rings. The van der Waals surface area contributed by atoms with Crippen LogP contribution in [0.15, 0.2) is 27.6 Å². The van der Waals surface area contributed by atoms with Crippen molar-refractivity contribution in [1.82, 2.24) is 4.72 Å². The monoisotopic (exact) mass is 368 g/mol. The van der Waals surface area contributed by atoms with Crippen LogP contribution in [0.3, 0.4) is 0 Å². The van der Waals surface area contributed by atoms with Gasteiger partial charge in [0.25, 0.3) is 0 Å². The molecule has 1 atom stereocenters. The average molecular weight is 370 g/mol. The predicted molar refractivity (Wildman–Crippen MR) is 77.3 cm³/mol. The van der Waals surface area contributed by atoms with Crippen molar-refractivity contribution in [3.63, 3.8) is 0 Å². The molecule has 0 saturated heterocycles. The van der Waals surface area contributed by atoms with Gasteiger partial charge in [-0.25, -0.2) is 8.42 Å². The van der Waals surface area contributed by atoms with Crippen LogP contribution in [-0.4, -0.2) is 20.4 Å². The van der Waals surface area contributed by atoms with Crippen molar-refractivity contribution < 1.29 is 13.2 Å². The Hall–Kier alpha value is -0.630. The normalized spacial score (nSPS) is 13.5. The Labute approximate surface area is 125 Å². The van der Waals surface area contributed by atoms with Crippen molar-refractivity contribution in [2.24, 2.45) is 11.7 Å². The van der Waals surface area contributed by atoms with Gasteiger partial charge in [-0.05, 0) is 24.1 Å². The molecule has 0 aliphatic heterocycles. The molecular weight excluding hydrogens is 356 g/mol. The number of nitrogens with one attached hydrogen (secondary N) is 1. The summed E-state index contributed by atoms with van der Waals surface area (Å²) in [6.07, 6.45) is 0. The number of amides is 1. The van der Waals surface area contributed by atoms with Gasteiger partial charge in [-0.3, -0.25) is 4.79 Å². The summed E-state index contributed by atoms with van der Waals surface area (Å²) in [5.41, 5.74) is 5.18. The van der Waals surface area contributed by atoms with E-state index in [2.05, 4.69) is 20.7 Å². The first kappa shape index (κ1) is 16.4. The number of carbonyl (C=O) groups excluding carboxylic acids is 1. The first-order valence-corrected chi connectivity index (χ1v) is 8.07. The van der Waals surface area contributed by atoms with Crippen molar-refractivity contribution in [1.29, 1.82) is 0 Å². The Morgan fingerprint density at radius 3 is 2.42 bits per heavy atom. The topological polar surface area (TPSA) is 89.3 Å². The predicted octanol–water partition coefficient (Wildman–Crippen LogP) is 1.89. The third kappa shape index (κ3) is 4.17. The number of hydrogen-bond donors (Lipinski definition) is 2. The standard InChI is InChI=1S/C11H14BrClN2O3S/c1-6(2)10(11(14)16)15-19(17,18)9-4-3-7(12)5-8(9)13/h3-6,10,15H,1-2H3,(H2,14,16). The number of benzene rings is 1. The van der Waals surface area contributed by atoms with Gasteiger partial charge in [0.15, 0.2) is 0 Å². The van der Waals surface area contributed by atoms with Crippen LogP contribution in [0.5, 0.6) is 0 Å². The van der Waals surface area contributed by atoms with Crippen LogP contribution in [0.1, 0.15) is 13.8 Å². The fourth-order valence-electron chi connectivity index (χ4n) is 1.45. The molecule has 0 fully saturated rings. The summed E-state index contributed by atoms with van der Waals surface area (Å²) in [5.74, 6) is -0.992. The van der Waals surface area contributed by atoms with E-state index in [-0.39, 0.29) is 15.8 Å². The highest BCUT2D eigenvalue weighted by atomic mass is 79.9. The fourth-order valence-corrected chi connectivity index (χ4v) is 3.84. The van der Waals surface area contributed by atoms with Gasteiger partial charge in [0.05, 0.1) is 5.02 Å². The maximum Gasteiger partial charge on any atom is 0.242 e. The molecule has 5 nitrogen and oxygen atoms in total. The van der Waals surface area contributed by atoms with Gasteiger partial charge < -0.3 is 5.73 Å². The third-order valence-corrected chi connectivity index (χ3v) is 4.86. The van der Waals surface area contributed by atoms with Crippen LogP contribution in [0.2, 0.25) is 5.02 Å². The van der Waals surface area contributed by atoms with Gasteiger partial charge in [0, 0.05) is 4.47 Å². The second-order valence-corrected chi connectivity index (χ2v) is 7.33. The molecule has 1 aromatic rings. The highest BCUT2D eigenvalue weighted by Crippen LogP contribution is 2.25. The first-order valence-electron chi connectivity index (χ1n) is 5.42. The average Bonchev–Trinajstić information content (AvgIpc) is 2.24. The highest BCUT2D eigenvalue weighted by Gasteiger charge is 2.27. The number of carbonyl (C=O) groups is 1. The van der Waals surface area contributed by atoms with Crippen molar-refractivity contribution in [3.8, 4) is 0 Å². The second kappa shape index (κ2) is 6.21. The molecule has 0 spiro atoms. The minimum Gasteiger partial charge on any atom is -0.368 e. The van der Waals surface area contributed by atoms with E-state index in [0.717, 1.165) is 0 Å². The largest absolute Gasteiger partial charge is 0.368 e. The van der Waals surface area contributed by atoms with Gasteiger partial charge in [0.1, 0.15) is 10.9 Å². The quantitative estimate of drug-likeness (QED) is 0.830. The minimum absolute atomic E-state index is 0.0638. The molecule has 8 heteroatoms. The van der Waals surface area contributed by atoms with E-state index in [0.29, 0.717) is 4.47 Å². The Morgan fingerprint density at radius 1 is 1.42 bits per heavy atom. The zero-order valence-electron chi connectivity index (χ0n) is 10.4. The van der Waals surface area contributed by atoms with E-state index in [9.17, 15) is 13.2 Å². The molecule has 0 aliphatic carbocycles. The van der Waals surface area contributed by atoms with Gasteiger partial charge >= 0.3 is 0 Å². The maximum absolute atomic E-state index is 12.2. The van der Waals surface area contributed by atoms with Gasteiger partial charge in [-0.1, -0.05) is 41.4 Å². The number of halogens is 2. The summed E-state index contributed by atoms with van der Waals surface area (Å²) >= 11 is 9.08. The Morgan fingerprint density at radius 2 is 2.00 bits per heavy atom. The van der Waals surface area contributed by atoms with Gasteiger partial charge in [-0.15, -0.1) is 0 Å². The summed E-state index contributed by atoms with van der Waals surface area (Å²) in [7, 11) is -3.90. The molecule has 0 heterocycles. The van der Waals surface area contributed by atoms with Crippen LogP contribution < -0.4 is 10.5 Å². The minimum atomic E-state index is -3.90. The summed E-state index contributed by atoms with van der Waals surface area (Å²) < 4.78 is 27.3. The van der Waals surface area contributed by atoms with E-state index in [1.165, 1.54) is 12.1 Å². The van der Waals surface area contributed by atoms with Crippen LogP contribution in [0, 0.1) is 5.92 Å². The number of sulfonamides is 1. The van der Waals surface area contributed by atoms with Crippen LogP contribution >= 0.6 is 27.5 Å². The summed E-state index contributed by atoms with van der Waals surface area (Å²) in [4.78, 5) is 11.2. The molecule has 3 N–H and O–H groups in total. The Balaban J connectivity index is 3.14. The lowest BCUT2D eigenvalue weighted by Crippen LogP contribution is -2.47. The van der Waals surface area contributed by atoms with Crippen LogP contribution in [0.4, 0.5) is 0 Å². The molecule has 1 rings (SSSR count). The van der Waals surface area contributed by atoms with E-state index >= 15 is 0 Å². The fraction of sp³-hybridized carbons (Fsp3) is 0.364. The second-order valence-electron chi connectivity index (χ2n) is 4.32. The first-order chi connectivity index (χ1) is 8.65. The lowest BCUT2D eigenvalue weighted by atomic mass is 10.1. The lowest BCUT2D eigenvalue weighted by Gasteiger charge is -2.19. The molecule has 106 valence electrons. The van der Waals surface area contributed by atoms with Gasteiger partial charge in [-0.2, -0.15) is 4.72 Å². The molecular formula is C11H14BrClN2O3S. The van der Waals surface area contributed by atoms with Crippen LogP contribution in [-0.2, 0) is 14.8 Å². The lowest BCUT2D eigenvalue weighted by molar-refractivity contribution is -0.120. The van der Waals surface area contributed by atoms with Crippen molar-refractivity contribution >= 4 is 43.5 Å². The number of hydrogen-bond acceptors (Lipinski definition) is 3. The smallest absolute Gasteiger partial charge is 0.242 e. The maximum atomic E-state index is 12.2. The molecule has 0 radical (unpaired) electrons. The SMILES string of the molecule is CC(C)C(NS(=O)(=O)c1ccc(Br)cc1Cl)C(N)=O. The van der Waals surface area contributed by atoms with E-state index in [4.69, 9.17) is 17.3 Å². The van der Waals surface area contributed by atoms with Crippen molar-refractivity contribution in [2.75, 3.05) is 0 Å². The van der Waals surface area contributed by atoms with E-state index in [1.54, 1.807) is 19.9 Å². The Bertz CT molecular complexity index is 590. The molecule has 1 unspecified atom stereocenters. The molecule has 0 bridgehead atoms. The molecule has 1 amide bonds. The number of rotatable bonds is 5. The van der Waals surface area contributed by atoms with E-state index < -0.39 is 22.0 Å². The zero-order chi connectivity index (χ0) is 14.8. The highest BCUT2D eigenvalue weighted by molar-refractivity contribution is 9.10. The Kier molecular flexibility index (Phi) is 5.37.